The Morgan fingerprint density at radius 1 is 1.21 bits per heavy atom. The van der Waals surface area contributed by atoms with Crippen LogP contribution >= 0.6 is 11.3 Å². The Hall–Kier alpha value is -3.52. The highest BCUT2D eigenvalue weighted by molar-refractivity contribution is 7.07. The second kappa shape index (κ2) is 9.34. The van der Waals surface area contributed by atoms with Crippen LogP contribution in [0, 0.1) is 0 Å². The third-order valence-electron chi connectivity index (χ3n) is 6.32. The smallest absolute Gasteiger partial charge is 0.444 e. The number of nitrogens with zero attached hydrogens (tertiary/aromatic N) is 5. The molecule has 1 aromatic carbocycles. The zero-order valence-electron chi connectivity index (χ0n) is 21.4. The molecule has 3 aromatic rings. The molecule has 0 spiro atoms. The van der Waals surface area contributed by atoms with Crippen molar-refractivity contribution in [2.75, 3.05) is 32.1 Å². The standard InChI is InChI=1S/C24H27F2N5O6S/c1-23(2,3)37-22(33)31-13-8-14(31)10-30(9-13)21-28-18-17(36-24(25,26)20(32)29(4)34-5)7-6-15(19(18)35-21)16-11-38-12-27-16/h6-7,11-14H,8-10H2,1-5H3. The van der Waals surface area contributed by atoms with Crippen molar-refractivity contribution in [2.45, 2.75) is 51.0 Å². The Kier molecular flexibility index (Phi) is 6.42. The molecule has 0 radical (unpaired) electrons. The minimum absolute atomic E-state index is 0.0151. The van der Waals surface area contributed by atoms with Gasteiger partial charge in [0.15, 0.2) is 16.8 Å². The minimum Gasteiger partial charge on any atom is -0.444 e. The van der Waals surface area contributed by atoms with Gasteiger partial charge in [0.25, 0.3) is 6.01 Å². The van der Waals surface area contributed by atoms with Crippen molar-refractivity contribution in [2.24, 2.45) is 0 Å². The molecule has 3 aliphatic heterocycles. The maximum absolute atomic E-state index is 14.7. The molecule has 0 saturated carbocycles. The Morgan fingerprint density at radius 2 is 1.92 bits per heavy atom. The molecule has 2 aromatic heterocycles. The van der Waals surface area contributed by atoms with Crippen LogP contribution in [0.25, 0.3) is 22.4 Å². The van der Waals surface area contributed by atoms with Gasteiger partial charge in [-0.3, -0.25) is 14.5 Å². The Bertz CT molecular complexity index is 1350. The van der Waals surface area contributed by atoms with Gasteiger partial charge in [0.2, 0.25) is 0 Å². The molecule has 14 heteroatoms. The SMILES string of the molecule is CON(C)C(=O)C(F)(F)Oc1ccc(-c2cscn2)c2oc(N3CC4CC(C3)N4C(=O)OC(C)(C)C)nc12. The van der Waals surface area contributed by atoms with Crippen LogP contribution in [0.15, 0.2) is 27.4 Å². The van der Waals surface area contributed by atoms with E-state index < -0.39 is 17.6 Å². The lowest BCUT2D eigenvalue weighted by Crippen LogP contribution is -2.70. The number of piperazine rings is 1. The number of hydrogen-bond donors (Lipinski definition) is 0. The summed E-state index contributed by atoms with van der Waals surface area (Å²) < 4.78 is 45.8. The average Bonchev–Trinajstić information content (AvgIpc) is 3.53. The molecule has 11 nitrogen and oxygen atoms in total. The number of thiazole rings is 1. The summed E-state index contributed by atoms with van der Waals surface area (Å²) >= 11 is 1.37. The highest BCUT2D eigenvalue weighted by atomic mass is 32.1. The fourth-order valence-corrected chi connectivity index (χ4v) is 5.12. The van der Waals surface area contributed by atoms with E-state index in [2.05, 4.69) is 14.8 Å². The Labute approximate surface area is 220 Å². The van der Waals surface area contributed by atoms with Gasteiger partial charge < -0.3 is 18.8 Å². The summed E-state index contributed by atoms with van der Waals surface area (Å²) in [7, 11) is 2.14. The van der Waals surface area contributed by atoms with E-state index >= 15 is 0 Å². The Morgan fingerprint density at radius 3 is 2.53 bits per heavy atom. The van der Waals surface area contributed by atoms with Crippen molar-refractivity contribution in [3.05, 3.63) is 23.0 Å². The number of aromatic nitrogens is 2. The number of carbonyl (C=O) groups excluding carboxylic acids is 2. The van der Waals surface area contributed by atoms with Gasteiger partial charge in [-0.2, -0.15) is 13.8 Å². The highest BCUT2D eigenvalue weighted by Gasteiger charge is 2.50. The third-order valence-corrected chi connectivity index (χ3v) is 6.91. The van der Waals surface area contributed by atoms with Gasteiger partial charge in [-0.15, -0.1) is 11.3 Å². The molecule has 204 valence electrons. The number of benzene rings is 1. The molecule has 2 atom stereocenters. The van der Waals surface area contributed by atoms with Crippen LogP contribution in [0.5, 0.6) is 5.75 Å². The summed E-state index contributed by atoms with van der Waals surface area (Å²) in [5.41, 5.74) is 2.35. The summed E-state index contributed by atoms with van der Waals surface area (Å²) in [6.45, 7) is 6.30. The number of hydroxylamine groups is 2. The van der Waals surface area contributed by atoms with Gasteiger partial charge in [0.05, 0.1) is 30.4 Å². The first kappa shape index (κ1) is 26.1. The first-order valence-electron chi connectivity index (χ1n) is 11.9. The number of amides is 2. The van der Waals surface area contributed by atoms with Crippen LogP contribution in [-0.2, 0) is 14.4 Å². The molecular formula is C24H27F2N5O6S. The first-order chi connectivity index (χ1) is 17.9. The van der Waals surface area contributed by atoms with Crippen LogP contribution in [0.2, 0.25) is 0 Å². The molecule has 0 aliphatic carbocycles. The fraction of sp³-hybridized carbons (Fsp3) is 0.500. The molecule has 5 heterocycles. The molecule has 38 heavy (non-hydrogen) atoms. The molecule has 6 rings (SSSR count). The van der Waals surface area contributed by atoms with Crippen LogP contribution in [0.3, 0.4) is 0 Å². The molecule has 2 amide bonds. The van der Waals surface area contributed by atoms with E-state index in [4.69, 9.17) is 13.9 Å². The number of fused-ring (bicyclic) bond motifs is 3. The van der Waals surface area contributed by atoms with E-state index in [1.807, 2.05) is 25.7 Å². The molecular weight excluding hydrogens is 524 g/mol. The molecule has 2 bridgehead atoms. The zero-order chi connectivity index (χ0) is 27.4. The largest absolute Gasteiger partial charge is 0.484 e. The first-order valence-corrected chi connectivity index (χ1v) is 12.8. The van der Waals surface area contributed by atoms with Crippen molar-refractivity contribution in [1.29, 1.82) is 0 Å². The van der Waals surface area contributed by atoms with Gasteiger partial charge in [0.1, 0.15) is 5.60 Å². The average molecular weight is 552 g/mol. The minimum atomic E-state index is -4.22. The predicted molar refractivity (Wildman–Crippen MR) is 133 cm³/mol. The normalized spacial score (nSPS) is 19.3. The maximum Gasteiger partial charge on any atom is 0.484 e. The van der Waals surface area contributed by atoms with Gasteiger partial charge in [-0.1, -0.05) is 0 Å². The van der Waals surface area contributed by atoms with Crippen molar-refractivity contribution in [3.63, 3.8) is 0 Å². The second-order valence-corrected chi connectivity index (χ2v) is 10.8. The van der Waals surface area contributed by atoms with E-state index in [1.165, 1.54) is 23.5 Å². The van der Waals surface area contributed by atoms with Crippen molar-refractivity contribution in [1.82, 2.24) is 19.9 Å². The van der Waals surface area contributed by atoms with Crippen molar-refractivity contribution in [3.8, 4) is 17.0 Å². The fourth-order valence-electron chi connectivity index (χ4n) is 4.56. The topological polar surface area (TPSA) is 110 Å². The highest BCUT2D eigenvalue weighted by Crippen LogP contribution is 2.41. The second-order valence-electron chi connectivity index (χ2n) is 10.1. The lowest BCUT2D eigenvalue weighted by molar-refractivity contribution is -0.231. The maximum atomic E-state index is 14.7. The number of anilines is 1. The molecule has 0 N–H and O–H groups in total. The molecule has 3 fully saturated rings. The number of piperidine rings is 1. The van der Waals surface area contributed by atoms with Gasteiger partial charge in [0, 0.05) is 31.1 Å². The monoisotopic (exact) mass is 551 g/mol. The number of hydrogen-bond acceptors (Lipinski definition) is 10. The number of alkyl halides is 2. The van der Waals surface area contributed by atoms with E-state index in [1.54, 1.807) is 15.8 Å². The number of ether oxygens (including phenoxy) is 2. The van der Waals surface area contributed by atoms with Gasteiger partial charge in [-0.05, 0) is 39.3 Å². The van der Waals surface area contributed by atoms with Crippen LogP contribution in [0.1, 0.15) is 27.2 Å². The third kappa shape index (κ3) is 4.73. The van der Waals surface area contributed by atoms with Gasteiger partial charge in [-0.25, -0.2) is 14.8 Å². The summed E-state index contributed by atoms with van der Waals surface area (Å²) in [6, 6.07) is 2.82. The van der Waals surface area contributed by atoms with E-state index in [-0.39, 0.29) is 41.0 Å². The van der Waals surface area contributed by atoms with Crippen LogP contribution < -0.4 is 9.64 Å². The summed E-state index contributed by atoms with van der Waals surface area (Å²) in [5.74, 6) is -2.02. The lowest BCUT2D eigenvalue weighted by Gasteiger charge is -2.55. The number of carbonyl (C=O) groups is 2. The van der Waals surface area contributed by atoms with Crippen molar-refractivity contribution >= 4 is 40.5 Å². The van der Waals surface area contributed by atoms with Crippen LogP contribution in [0.4, 0.5) is 19.6 Å². The van der Waals surface area contributed by atoms with E-state index in [0.29, 0.717) is 29.4 Å². The number of halogens is 2. The quantitative estimate of drug-likeness (QED) is 0.418. The molecule has 3 aliphatic rings. The molecule has 2 unspecified atom stereocenters. The van der Waals surface area contributed by atoms with Crippen molar-refractivity contribution < 1.29 is 37.1 Å². The molecule has 3 saturated heterocycles. The van der Waals surface area contributed by atoms with E-state index in [9.17, 15) is 18.4 Å². The lowest BCUT2D eigenvalue weighted by atomic mass is 9.88. The van der Waals surface area contributed by atoms with Crippen LogP contribution in [-0.4, -0.2) is 83.0 Å². The number of likely N-dealkylation sites (N-methyl/N-ethyl adjacent to an activating group) is 1. The Balaban J connectivity index is 1.45. The van der Waals surface area contributed by atoms with E-state index in [0.717, 1.165) is 20.6 Å². The zero-order valence-corrected chi connectivity index (χ0v) is 22.3. The summed E-state index contributed by atoms with van der Waals surface area (Å²) in [5, 5.41) is 2.17. The number of rotatable bonds is 6. The van der Waals surface area contributed by atoms with Gasteiger partial charge >= 0.3 is 18.1 Å². The number of oxazole rings is 1. The predicted octanol–water partition coefficient (Wildman–Crippen LogP) is 4.14. The summed E-state index contributed by atoms with van der Waals surface area (Å²) in [4.78, 5) is 41.6. The summed E-state index contributed by atoms with van der Waals surface area (Å²) in [6.07, 6.45) is -3.78.